The smallest absolute Gasteiger partial charge is 0.221 e. The second-order valence-corrected chi connectivity index (χ2v) is 7.07. The summed E-state index contributed by atoms with van der Waals surface area (Å²) in [6.45, 7) is 1.47. The molecule has 3 heterocycles. The van der Waals surface area contributed by atoms with E-state index in [4.69, 9.17) is 17.0 Å². The number of aromatic amines is 1. The summed E-state index contributed by atoms with van der Waals surface area (Å²) in [6, 6.07) is 15.2. The van der Waals surface area contributed by atoms with E-state index in [2.05, 4.69) is 20.6 Å². The highest BCUT2D eigenvalue weighted by Gasteiger charge is 2.41. The zero-order valence-electron chi connectivity index (χ0n) is 16.0. The Morgan fingerprint density at radius 2 is 2.10 bits per heavy atom. The lowest BCUT2D eigenvalue weighted by atomic mass is 10.0. The van der Waals surface area contributed by atoms with Crippen LogP contribution in [0.4, 0.5) is 11.4 Å². The van der Waals surface area contributed by atoms with Crippen molar-refractivity contribution in [1.29, 1.82) is 0 Å². The van der Waals surface area contributed by atoms with Gasteiger partial charge in [-0.3, -0.25) is 9.78 Å². The largest absolute Gasteiger partial charge is 0.495 e. The number of carbonyl (C=O) groups is 1. The molecule has 29 heavy (non-hydrogen) atoms. The van der Waals surface area contributed by atoms with Crippen LogP contribution in [0, 0.1) is 0 Å². The first-order valence-corrected chi connectivity index (χ1v) is 9.59. The summed E-state index contributed by atoms with van der Waals surface area (Å²) in [7, 11) is 1.57. The van der Waals surface area contributed by atoms with Crippen LogP contribution in [0.5, 0.6) is 5.75 Å². The highest BCUT2D eigenvalue weighted by molar-refractivity contribution is 7.80. The highest BCUT2D eigenvalue weighted by atomic mass is 32.1. The molecule has 2 aromatic heterocycles. The van der Waals surface area contributed by atoms with E-state index in [0.29, 0.717) is 16.5 Å². The third-order valence-corrected chi connectivity index (χ3v) is 5.13. The average molecular weight is 407 g/mol. The molecule has 1 fully saturated rings. The number of hydrogen-bond donors (Lipinski definition) is 3. The highest BCUT2D eigenvalue weighted by Crippen LogP contribution is 2.42. The Hall–Kier alpha value is -3.39. The maximum Gasteiger partial charge on any atom is 0.221 e. The summed E-state index contributed by atoms with van der Waals surface area (Å²) in [5, 5.41) is 6.81. The first-order chi connectivity index (χ1) is 14.1. The molecule has 0 spiro atoms. The summed E-state index contributed by atoms with van der Waals surface area (Å²) >= 11 is 5.70. The fourth-order valence-electron chi connectivity index (χ4n) is 3.61. The van der Waals surface area contributed by atoms with Gasteiger partial charge in [-0.15, -0.1) is 0 Å². The van der Waals surface area contributed by atoms with E-state index in [1.54, 1.807) is 13.3 Å². The van der Waals surface area contributed by atoms with E-state index < -0.39 is 0 Å². The fourth-order valence-corrected chi connectivity index (χ4v) is 3.96. The van der Waals surface area contributed by atoms with Crippen molar-refractivity contribution in [1.82, 2.24) is 15.3 Å². The Morgan fingerprint density at radius 3 is 2.76 bits per heavy atom. The number of benzene rings is 1. The zero-order valence-corrected chi connectivity index (χ0v) is 16.9. The Bertz CT molecular complexity index is 1020. The van der Waals surface area contributed by atoms with Crippen LogP contribution in [0.25, 0.3) is 0 Å². The molecule has 0 saturated carbocycles. The van der Waals surface area contributed by atoms with Crippen molar-refractivity contribution in [3.05, 3.63) is 72.3 Å². The quantitative estimate of drug-likeness (QED) is 0.561. The van der Waals surface area contributed by atoms with Crippen molar-refractivity contribution in [2.24, 2.45) is 0 Å². The number of nitrogens with one attached hydrogen (secondary N) is 3. The first kappa shape index (κ1) is 18.9. The van der Waals surface area contributed by atoms with E-state index in [0.717, 1.165) is 17.1 Å². The minimum Gasteiger partial charge on any atom is -0.495 e. The lowest BCUT2D eigenvalue weighted by molar-refractivity contribution is -0.114. The monoisotopic (exact) mass is 407 g/mol. The molecule has 1 amide bonds. The van der Waals surface area contributed by atoms with E-state index >= 15 is 0 Å². The molecule has 1 aliphatic heterocycles. The molecule has 3 aromatic rings. The molecule has 0 bridgehead atoms. The number of thiocarbonyl (C=S) groups is 1. The number of hydrogen-bond acceptors (Lipinski definition) is 4. The van der Waals surface area contributed by atoms with Crippen LogP contribution >= 0.6 is 12.2 Å². The van der Waals surface area contributed by atoms with Gasteiger partial charge in [-0.05, 0) is 54.7 Å². The predicted octanol–water partition coefficient (Wildman–Crippen LogP) is 3.55. The van der Waals surface area contributed by atoms with E-state index in [1.165, 1.54) is 6.92 Å². The third-order valence-electron chi connectivity index (χ3n) is 4.81. The Kier molecular flexibility index (Phi) is 5.18. The predicted molar refractivity (Wildman–Crippen MR) is 116 cm³/mol. The summed E-state index contributed by atoms with van der Waals surface area (Å²) in [4.78, 5) is 21.5. The van der Waals surface area contributed by atoms with Gasteiger partial charge in [-0.1, -0.05) is 6.07 Å². The Morgan fingerprint density at radius 1 is 1.24 bits per heavy atom. The lowest BCUT2D eigenvalue weighted by Crippen LogP contribution is -2.29. The number of pyridine rings is 1. The molecule has 0 aliphatic carbocycles. The van der Waals surface area contributed by atoms with E-state index in [-0.39, 0.29) is 18.0 Å². The number of amides is 1. The molecular weight excluding hydrogens is 386 g/mol. The molecule has 0 unspecified atom stereocenters. The average Bonchev–Trinajstić information content (AvgIpc) is 3.35. The topological polar surface area (TPSA) is 82.3 Å². The van der Waals surface area contributed by atoms with Crippen LogP contribution in [-0.4, -0.2) is 28.1 Å². The van der Waals surface area contributed by atoms with Gasteiger partial charge in [-0.25, -0.2) is 0 Å². The molecule has 3 N–H and O–H groups in total. The molecule has 148 valence electrons. The SMILES string of the molecule is COc1ccc(N2C(=S)N[C@@H](c3ccccn3)[C@H]2c2ccc[nH]2)cc1NC(C)=O. The number of H-pyrrole nitrogens is 1. The minimum atomic E-state index is -0.171. The van der Waals surface area contributed by atoms with Crippen molar-refractivity contribution in [3.63, 3.8) is 0 Å². The van der Waals surface area contributed by atoms with Crippen LogP contribution in [0.2, 0.25) is 0 Å². The molecule has 0 radical (unpaired) electrons. The normalized spacial score (nSPS) is 18.4. The maximum absolute atomic E-state index is 11.6. The first-order valence-electron chi connectivity index (χ1n) is 9.18. The molecular formula is C21H21N5O2S. The van der Waals surface area contributed by atoms with Gasteiger partial charge in [0.15, 0.2) is 5.11 Å². The van der Waals surface area contributed by atoms with Gasteiger partial charge in [0.25, 0.3) is 0 Å². The van der Waals surface area contributed by atoms with Gasteiger partial charge < -0.3 is 25.3 Å². The third kappa shape index (κ3) is 3.66. The van der Waals surface area contributed by atoms with E-state index in [9.17, 15) is 4.79 Å². The molecule has 1 aromatic carbocycles. The molecule has 7 nitrogen and oxygen atoms in total. The summed E-state index contributed by atoms with van der Waals surface area (Å²) in [5.41, 5.74) is 3.33. The van der Waals surface area contributed by atoms with Gasteiger partial charge in [-0.2, -0.15) is 0 Å². The molecule has 4 rings (SSSR count). The van der Waals surface area contributed by atoms with Crippen LogP contribution in [-0.2, 0) is 4.79 Å². The number of ether oxygens (including phenoxy) is 1. The van der Waals surface area contributed by atoms with Crippen molar-refractivity contribution in [2.75, 3.05) is 17.3 Å². The van der Waals surface area contributed by atoms with Crippen LogP contribution in [0.1, 0.15) is 30.4 Å². The van der Waals surface area contributed by atoms with Crippen molar-refractivity contribution in [3.8, 4) is 5.75 Å². The molecule has 1 saturated heterocycles. The number of methoxy groups -OCH3 is 1. The lowest BCUT2D eigenvalue weighted by Gasteiger charge is -2.27. The summed E-state index contributed by atoms with van der Waals surface area (Å²) < 4.78 is 5.38. The van der Waals surface area contributed by atoms with Gasteiger partial charge in [0, 0.05) is 30.7 Å². The van der Waals surface area contributed by atoms with Gasteiger partial charge in [0.05, 0.1) is 24.5 Å². The summed E-state index contributed by atoms with van der Waals surface area (Å²) in [6.07, 6.45) is 3.66. The Balaban J connectivity index is 1.79. The van der Waals surface area contributed by atoms with Gasteiger partial charge in [0.1, 0.15) is 11.8 Å². The van der Waals surface area contributed by atoms with Crippen molar-refractivity contribution < 1.29 is 9.53 Å². The Labute approximate surface area is 174 Å². The van der Waals surface area contributed by atoms with Gasteiger partial charge >= 0.3 is 0 Å². The molecule has 8 heteroatoms. The number of anilines is 2. The molecule has 2 atom stereocenters. The van der Waals surface area contributed by atoms with Crippen molar-refractivity contribution in [2.45, 2.75) is 19.0 Å². The van der Waals surface area contributed by atoms with Crippen LogP contribution in [0.3, 0.4) is 0 Å². The fraction of sp³-hybridized carbons (Fsp3) is 0.190. The number of nitrogens with zero attached hydrogens (tertiary/aromatic N) is 2. The summed E-state index contributed by atoms with van der Waals surface area (Å²) in [5.74, 6) is 0.412. The standard InChI is InChI=1S/C21H21N5O2S/c1-13(27)24-17-12-14(8-9-18(17)28-2)26-20(16-7-5-11-23-16)19(25-21(26)29)15-6-3-4-10-22-15/h3-12,19-20,23H,1-2H3,(H,24,27)(H,25,29)/t19-,20+/m0/s1. The number of rotatable bonds is 5. The number of aromatic nitrogens is 2. The van der Waals surface area contributed by atoms with Crippen molar-refractivity contribution >= 4 is 34.6 Å². The minimum absolute atomic E-state index is 0.131. The second-order valence-electron chi connectivity index (χ2n) is 6.69. The molecule has 1 aliphatic rings. The second kappa shape index (κ2) is 7.92. The number of carbonyl (C=O) groups excluding carboxylic acids is 1. The van der Waals surface area contributed by atoms with Crippen LogP contribution < -0.4 is 20.3 Å². The zero-order chi connectivity index (χ0) is 20.4. The van der Waals surface area contributed by atoms with E-state index in [1.807, 2.05) is 59.6 Å². The van der Waals surface area contributed by atoms with Crippen LogP contribution in [0.15, 0.2) is 60.9 Å². The van der Waals surface area contributed by atoms with Gasteiger partial charge in [0.2, 0.25) is 5.91 Å². The maximum atomic E-state index is 11.6.